The van der Waals surface area contributed by atoms with Gasteiger partial charge in [0.2, 0.25) is 0 Å². The first kappa shape index (κ1) is 11.3. The van der Waals surface area contributed by atoms with Gasteiger partial charge in [0.15, 0.2) is 0 Å². The van der Waals surface area contributed by atoms with E-state index in [0.717, 1.165) is 22.2 Å². The standard InChI is InChI=1S/C11H12BrNO3/c12-8-1-2-9-7(6-13-11(14)15)3-4-16-10(9)5-8/h1-2,5,7,13H,3-4,6H2,(H,14,15)/t7-/m0/s1. The minimum Gasteiger partial charge on any atom is -0.493 e. The van der Waals surface area contributed by atoms with E-state index in [1.165, 1.54) is 0 Å². The quantitative estimate of drug-likeness (QED) is 0.878. The minimum absolute atomic E-state index is 0.202. The Balaban J connectivity index is 2.16. The molecule has 0 saturated heterocycles. The van der Waals surface area contributed by atoms with Crippen LogP contribution in [0.5, 0.6) is 5.75 Å². The molecule has 1 atom stereocenters. The molecule has 2 rings (SSSR count). The summed E-state index contributed by atoms with van der Waals surface area (Å²) < 4.78 is 6.51. The Morgan fingerprint density at radius 2 is 2.44 bits per heavy atom. The van der Waals surface area contributed by atoms with Crippen LogP contribution < -0.4 is 10.1 Å². The predicted octanol–water partition coefficient (Wildman–Crippen LogP) is 2.58. The first-order valence-electron chi connectivity index (χ1n) is 5.06. The molecular formula is C11H12BrNO3. The number of carbonyl (C=O) groups is 1. The van der Waals surface area contributed by atoms with Crippen molar-refractivity contribution in [2.75, 3.05) is 13.2 Å². The average molecular weight is 286 g/mol. The number of rotatable bonds is 2. The lowest BCUT2D eigenvalue weighted by Gasteiger charge is -2.25. The molecular weight excluding hydrogens is 274 g/mol. The lowest BCUT2D eigenvalue weighted by molar-refractivity contribution is 0.191. The molecule has 1 aliphatic heterocycles. The SMILES string of the molecule is O=C(O)NC[C@@H]1CCOc2cc(Br)ccc21. The molecule has 1 aromatic rings. The first-order valence-corrected chi connectivity index (χ1v) is 5.85. The normalized spacial score (nSPS) is 18.4. The molecule has 2 N–H and O–H groups in total. The van der Waals surface area contributed by atoms with Crippen LogP contribution in [0.1, 0.15) is 17.9 Å². The number of halogens is 1. The van der Waals surface area contributed by atoms with Crippen LogP contribution in [0.3, 0.4) is 0 Å². The van der Waals surface area contributed by atoms with Crippen molar-refractivity contribution in [1.29, 1.82) is 0 Å². The molecule has 1 heterocycles. The molecule has 0 bridgehead atoms. The van der Waals surface area contributed by atoms with E-state index >= 15 is 0 Å². The van der Waals surface area contributed by atoms with E-state index in [0.29, 0.717) is 13.2 Å². The van der Waals surface area contributed by atoms with Crippen LogP contribution in [0.4, 0.5) is 4.79 Å². The maximum absolute atomic E-state index is 10.5. The Hall–Kier alpha value is -1.23. The summed E-state index contributed by atoms with van der Waals surface area (Å²) >= 11 is 3.38. The fourth-order valence-corrected chi connectivity index (χ4v) is 2.20. The van der Waals surface area contributed by atoms with Gasteiger partial charge in [-0.25, -0.2) is 4.79 Å². The van der Waals surface area contributed by atoms with E-state index < -0.39 is 6.09 Å². The number of nitrogens with one attached hydrogen (secondary N) is 1. The fourth-order valence-electron chi connectivity index (χ4n) is 1.86. The summed E-state index contributed by atoms with van der Waals surface area (Å²) in [5.41, 5.74) is 1.07. The van der Waals surface area contributed by atoms with Crippen molar-refractivity contribution < 1.29 is 14.6 Å². The molecule has 86 valence electrons. The van der Waals surface area contributed by atoms with Crippen LogP contribution in [0.15, 0.2) is 22.7 Å². The van der Waals surface area contributed by atoms with Crippen molar-refractivity contribution in [2.24, 2.45) is 0 Å². The van der Waals surface area contributed by atoms with E-state index in [2.05, 4.69) is 21.2 Å². The Bertz CT molecular complexity index is 408. The number of fused-ring (bicyclic) bond motifs is 1. The molecule has 0 aromatic heterocycles. The summed E-state index contributed by atoms with van der Waals surface area (Å²) in [5.74, 6) is 1.05. The van der Waals surface area contributed by atoms with Gasteiger partial charge in [0.05, 0.1) is 6.61 Å². The summed E-state index contributed by atoms with van der Waals surface area (Å²) in [4.78, 5) is 10.5. The topological polar surface area (TPSA) is 58.6 Å². The van der Waals surface area contributed by atoms with E-state index in [9.17, 15) is 4.79 Å². The van der Waals surface area contributed by atoms with Gasteiger partial charge in [-0.2, -0.15) is 0 Å². The summed E-state index contributed by atoms with van der Waals surface area (Å²) in [6.07, 6.45) is -0.139. The number of hydrogen-bond acceptors (Lipinski definition) is 2. The summed E-state index contributed by atoms with van der Waals surface area (Å²) in [6, 6.07) is 5.84. The summed E-state index contributed by atoms with van der Waals surface area (Å²) in [6.45, 7) is 1.07. The number of benzene rings is 1. The van der Waals surface area contributed by atoms with E-state index in [1.807, 2.05) is 18.2 Å². The second-order valence-electron chi connectivity index (χ2n) is 3.70. The molecule has 0 fully saturated rings. The second kappa shape index (κ2) is 4.74. The van der Waals surface area contributed by atoms with Crippen LogP contribution in [-0.4, -0.2) is 24.4 Å². The van der Waals surface area contributed by atoms with Gasteiger partial charge in [0.1, 0.15) is 5.75 Å². The van der Waals surface area contributed by atoms with Crippen molar-refractivity contribution >= 4 is 22.0 Å². The molecule has 0 unspecified atom stereocenters. The Kier molecular flexibility index (Phi) is 3.33. The van der Waals surface area contributed by atoms with Crippen molar-refractivity contribution in [1.82, 2.24) is 5.32 Å². The van der Waals surface area contributed by atoms with Crippen molar-refractivity contribution in [3.63, 3.8) is 0 Å². The lowest BCUT2D eigenvalue weighted by atomic mass is 9.93. The van der Waals surface area contributed by atoms with Crippen molar-refractivity contribution in [2.45, 2.75) is 12.3 Å². The molecule has 0 aliphatic carbocycles. The molecule has 1 aromatic carbocycles. The van der Waals surface area contributed by atoms with Crippen LogP contribution in [0.2, 0.25) is 0 Å². The van der Waals surface area contributed by atoms with E-state index in [-0.39, 0.29) is 5.92 Å². The summed E-state index contributed by atoms with van der Waals surface area (Å²) in [5, 5.41) is 11.0. The molecule has 0 saturated carbocycles. The van der Waals surface area contributed by atoms with Crippen LogP contribution in [0.25, 0.3) is 0 Å². The van der Waals surface area contributed by atoms with Crippen LogP contribution >= 0.6 is 15.9 Å². The zero-order valence-electron chi connectivity index (χ0n) is 8.57. The average Bonchev–Trinajstić information content (AvgIpc) is 2.25. The maximum Gasteiger partial charge on any atom is 0.404 e. The predicted molar refractivity (Wildman–Crippen MR) is 63.0 cm³/mol. The number of hydrogen-bond donors (Lipinski definition) is 2. The van der Waals surface area contributed by atoms with Gasteiger partial charge >= 0.3 is 6.09 Å². The largest absolute Gasteiger partial charge is 0.493 e. The van der Waals surface area contributed by atoms with Gasteiger partial charge in [-0.1, -0.05) is 22.0 Å². The molecule has 16 heavy (non-hydrogen) atoms. The maximum atomic E-state index is 10.5. The van der Waals surface area contributed by atoms with Crippen molar-refractivity contribution in [3.8, 4) is 5.75 Å². The zero-order chi connectivity index (χ0) is 11.5. The fraction of sp³-hybridized carbons (Fsp3) is 0.364. The number of carboxylic acid groups (broad SMARTS) is 1. The minimum atomic E-state index is -0.981. The highest BCUT2D eigenvalue weighted by atomic mass is 79.9. The van der Waals surface area contributed by atoms with Crippen molar-refractivity contribution in [3.05, 3.63) is 28.2 Å². The molecule has 5 heteroatoms. The van der Waals surface area contributed by atoms with Crippen LogP contribution in [-0.2, 0) is 0 Å². The van der Waals surface area contributed by atoms with Gasteiger partial charge < -0.3 is 15.2 Å². The number of ether oxygens (including phenoxy) is 1. The highest BCUT2D eigenvalue weighted by molar-refractivity contribution is 9.10. The van der Waals surface area contributed by atoms with Gasteiger partial charge in [0, 0.05) is 16.9 Å². The van der Waals surface area contributed by atoms with Gasteiger partial charge in [-0.3, -0.25) is 0 Å². The lowest BCUT2D eigenvalue weighted by Crippen LogP contribution is -2.29. The Labute approximate surface area is 102 Å². The smallest absolute Gasteiger partial charge is 0.404 e. The Morgan fingerprint density at radius 1 is 1.62 bits per heavy atom. The van der Waals surface area contributed by atoms with E-state index in [4.69, 9.17) is 9.84 Å². The third kappa shape index (κ3) is 2.47. The molecule has 4 nitrogen and oxygen atoms in total. The van der Waals surface area contributed by atoms with Crippen LogP contribution in [0, 0.1) is 0 Å². The van der Waals surface area contributed by atoms with Gasteiger partial charge in [0.25, 0.3) is 0 Å². The third-order valence-electron chi connectivity index (χ3n) is 2.64. The first-order chi connectivity index (χ1) is 7.66. The Morgan fingerprint density at radius 3 is 3.19 bits per heavy atom. The highest BCUT2D eigenvalue weighted by Crippen LogP contribution is 2.35. The number of amides is 1. The molecule has 0 spiro atoms. The van der Waals surface area contributed by atoms with E-state index in [1.54, 1.807) is 0 Å². The third-order valence-corrected chi connectivity index (χ3v) is 3.13. The summed E-state index contributed by atoms with van der Waals surface area (Å²) in [7, 11) is 0. The van der Waals surface area contributed by atoms with Gasteiger partial charge in [-0.05, 0) is 24.1 Å². The molecule has 0 radical (unpaired) electrons. The second-order valence-corrected chi connectivity index (χ2v) is 4.62. The zero-order valence-corrected chi connectivity index (χ0v) is 10.2. The molecule has 1 amide bonds. The highest BCUT2D eigenvalue weighted by Gasteiger charge is 2.21. The molecule has 1 aliphatic rings. The van der Waals surface area contributed by atoms with Gasteiger partial charge in [-0.15, -0.1) is 0 Å². The monoisotopic (exact) mass is 285 g/mol.